The Labute approximate surface area is 132 Å². The molecule has 0 aromatic rings. The number of hydrogen-bond donors (Lipinski definition) is 1. The minimum Gasteiger partial charge on any atom is -0.330 e. The Kier molecular flexibility index (Phi) is 6.14. The largest absolute Gasteiger partial charge is 0.330 e. The maximum atomic E-state index is 6.03. The highest BCUT2D eigenvalue weighted by Crippen LogP contribution is 2.39. The highest BCUT2D eigenvalue weighted by molar-refractivity contribution is 4.90. The van der Waals surface area contributed by atoms with Crippen molar-refractivity contribution in [1.82, 2.24) is 4.90 Å². The predicted molar refractivity (Wildman–Crippen MR) is 92.4 cm³/mol. The Hall–Kier alpha value is -0.0800. The maximum Gasteiger partial charge on any atom is 0.0138 e. The van der Waals surface area contributed by atoms with Gasteiger partial charge in [-0.15, -0.1) is 0 Å². The molecule has 4 atom stereocenters. The average Bonchev–Trinajstić information content (AvgIpc) is 2.74. The lowest BCUT2D eigenvalue weighted by Gasteiger charge is -2.38. The van der Waals surface area contributed by atoms with Crippen molar-refractivity contribution in [1.29, 1.82) is 0 Å². The highest BCUT2D eigenvalue weighted by Gasteiger charge is 2.36. The van der Waals surface area contributed by atoms with Crippen molar-refractivity contribution in [2.75, 3.05) is 13.1 Å². The molecular weight excluding hydrogens is 256 g/mol. The molecule has 0 saturated heterocycles. The van der Waals surface area contributed by atoms with Crippen molar-refractivity contribution in [2.24, 2.45) is 23.0 Å². The molecule has 0 radical (unpaired) electrons. The molecule has 2 N–H and O–H groups in total. The SMILES string of the molecule is CCN(C1CCCC(C(C)(C)C)CC1)C1CCCC1CN. The van der Waals surface area contributed by atoms with Crippen molar-refractivity contribution in [3.63, 3.8) is 0 Å². The highest BCUT2D eigenvalue weighted by atomic mass is 15.2. The lowest BCUT2D eigenvalue weighted by atomic mass is 9.76. The van der Waals surface area contributed by atoms with Gasteiger partial charge in [0, 0.05) is 12.1 Å². The summed E-state index contributed by atoms with van der Waals surface area (Å²) < 4.78 is 0. The van der Waals surface area contributed by atoms with Crippen LogP contribution in [0.4, 0.5) is 0 Å². The molecular formula is C19H38N2. The van der Waals surface area contributed by atoms with E-state index < -0.39 is 0 Å². The van der Waals surface area contributed by atoms with Crippen LogP contribution in [-0.4, -0.2) is 30.1 Å². The van der Waals surface area contributed by atoms with Gasteiger partial charge in [-0.1, -0.05) is 40.5 Å². The van der Waals surface area contributed by atoms with Crippen molar-refractivity contribution >= 4 is 0 Å². The zero-order chi connectivity index (χ0) is 15.5. The lowest BCUT2D eigenvalue weighted by molar-refractivity contribution is 0.101. The molecule has 2 heteroatoms. The van der Waals surface area contributed by atoms with Crippen molar-refractivity contribution in [3.8, 4) is 0 Å². The van der Waals surface area contributed by atoms with Crippen LogP contribution in [0.1, 0.15) is 79.1 Å². The van der Waals surface area contributed by atoms with Gasteiger partial charge in [0.15, 0.2) is 0 Å². The monoisotopic (exact) mass is 294 g/mol. The van der Waals surface area contributed by atoms with Gasteiger partial charge in [0.1, 0.15) is 0 Å². The number of nitrogens with two attached hydrogens (primary N) is 1. The summed E-state index contributed by atoms with van der Waals surface area (Å²) >= 11 is 0. The summed E-state index contributed by atoms with van der Waals surface area (Å²) in [5.74, 6) is 1.67. The minimum absolute atomic E-state index is 0.485. The molecule has 2 saturated carbocycles. The lowest BCUT2D eigenvalue weighted by Crippen LogP contribution is -2.46. The van der Waals surface area contributed by atoms with Gasteiger partial charge < -0.3 is 5.73 Å². The molecule has 2 nitrogen and oxygen atoms in total. The second-order valence-electron chi connectivity index (χ2n) is 8.55. The summed E-state index contributed by atoms with van der Waals surface area (Å²) in [5.41, 5.74) is 6.51. The fraction of sp³-hybridized carbons (Fsp3) is 1.00. The van der Waals surface area contributed by atoms with E-state index in [0.29, 0.717) is 5.41 Å². The van der Waals surface area contributed by atoms with E-state index in [-0.39, 0.29) is 0 Å². The van der Waals surface area contributed by atoms with Crippen molar-refractivity contribution in [3.05, 3.63) is 0 Å². The van der Waals surface area contributed by atoms with Crippen LogP contribution in [-0.2, 0) is 0 Å². The third-order valence-corrected chi connectivity index (χ3v) is 6.34. The molecule has 0 amide bonds. The van der Waals surface area contributed by atoms with E-state index in [0.717, 1.165) is 30.5 Å². The first-order valence-electron chi connectivity index (χ1n) is 9.43. The smallest absolute Gasteiger partial charge is 0.0138 e. The average molecular weight is 295 g/mol. The second-order valence-corrected chi connectivity index (χ2v) is 8.55. The van der Waals surface area contributed by atoms with E-state index in [4.69, 9.17) is 5.73 Å². The Morgan fingerprint density at radius 1 is 0.952 bits per heavy atom. The summed E-state index contributed by atoms with van der Waals surface area (Å²) in [6, 6.07) is 1.59. The summed E-state index contributed by atoms with van der Waals surface area (Å²) in [6.07, 6.45) is 11.2. The van der Waals surface area contributed by atoms with Crippen LogP contribution in [0.3, 0.4) is 0 Å². The zero-order valence-electron chi connectivity index (χ0n) is 14.9. The maximum absolute atomic E-state index is 6.03. The Bertz CT molecular complexity index is 307. The number of nitrogens with zero attached hydrogens (tertiary/aromatic N) is 1. The van der Waals surface area contributed by atoms with Crippen molar-refractivity contribution < 1.29 is 0 Å². The Morgan fingerprint density at radius 3 is 2.29 bits per heavy atom. The zero-order valence-corrected chi connectivity index (χ0v) is 14.9. The summed E-state index contributed by atoms with van der Waals surface area (Å²) in [4.78, 5) is 2.84. The van der Waals surface area contributed by atoms with Crippen LogP contribution >= 0.6 is 0 Å². The van der Waals surface area contributed by atoms with E-state index in [2.05, 4.69) is 32.6 Å². The summed E-state index contributed by atoms with van der Waals surface area (Å²) in [7, 11) is 0. The molecule has 2 fully saturated rings. The molecule has 2 aliphatic rings. The minimum atomic E-state index is 0.485. The normalized spacial score (nSPS) is 35.1. The van der Waals surface area contributed by atoms with Gasteiger partial charge >= 0.3 is 0 Å². The number of rotatable bonds is 4. The van der Waals surface area contributed by atoms with Crippen LogP contribution in [0.25, 0.3) is 0 Å². The first-order chi connectivity index (χ1) is 9.97. The first-order valence-corrected chi connectivity index (χ1v) is 9.43. The van der Waals surface area contributed by atoms with Crippen LogP contribution < -0.4 is 5.73 Å². The summed E-state index contributed by atoms with van der Waals surface area (Å²) in [5, 5.41) is 0. The molecule has 4 unspecified atom stereocenters. The molecule has 0 bridgehead atoms. The van der Waals surface area contributed by atoms with Gasteiger partial charge in [-0.25, -0.2) is 0 Å². The third-order valence-electron chi connectivity index (χ3n) is 6.34. The Morgan fingerprint density at radius 2 is 1.67 bits per heavy atom. The third kappa shape index (κ3) is 4.22. The topological polar surface area (TPSA) is 29.3 Å². The molecule has 2 rings (SSSR count). The van der Waals surface area contributed by atoms with E-state index >= 15 is 0 Å². The molecule has 21 heavy (non-hydrogen) atoms. The molecule has 0 aliphatic heterocycles. The molecule has 0 aromatic heterocycles. The fourth-order valence-electron chi connectivity index (χ4n) is 4.97. The Balaban J connectivity index is 1.99. The van der Waals surface area contributed by atoms with E-state index in [1.807, 2.05) is 0 Å². The van der Waals surface area contributed by atoms with E-state index in [9.17, 15) is 0 Å². The summed E-state index contributed by atoms with van der Waals surface area (Å²) in [6.45, 7) is 11.7. The second kappa shape index (κ2) is 7.46. The van der Waals surface area contributed by atoms with Gasteiger partial charge in [-0.05, 0) is 68.9 Å². The molecule has 124 valence electrons. The van der Waals surface area contributed by atoms with Crippen LogP contribution in [0.5, 0.6) is 0 Å². The van der Waals surface area contributed by atoms with Crippen LogP contribution in [0, 0.1) is 17.3 Å². The van der Waals surface area contributed by atoms with Gasteiger partial charge in [-0.3, -0.25) is 4.90 Å². The first kappa shape index (κ1) is 17.3. The molecule has 2 aliphatic carbocycles. The van der Waals surface area contributed by atoms with E-state index in [1.165, 1.54) is 57.9 Å². The molecule has 0 heterocycles. The van der Waals surface area contributed by atoms with Crippen molar-refractivity contribution in [2.45, 2.75) is 91.1 Å². The van der Waals surface area contributed by atoms with Crippen LogP contribution in [0.15, 0.2) is 0 Å². The standard InChI is InChI=1S/C19H38N2/c1-5-21(18-11-6-8-15(18)14-20)17-10-7-9-16(12-13-17)19(2,3)4/h15-18H,5-14,20H2,1-4H3. The van der Waals surface area contributed by atoms with Gasteiger partial charge in [0.25, 0.3) is 0 Å². The molecule has 0 aromatic carbocycles. The number of hydrogen-bond acceptors (Lipinski definition) is 2. The van der Waals surface area contributed by atoms with Gasteiger partial charge in [-0.2, -0.15) is 0 Å². The predicted octanol–water partition coefficient (Wildman–Crippen LogP) is 4.43. The van der Waals surface area contributed by atoms with Gasteiger partial charge in [0.2, 0.25) is 0 Å². The fourth-order valence-corrected chi connectivity index (χ4v) is 4.97. The van der Waals surface area contributed by atoms with E-state index in [1.54, 1.807) is 0 Å². The molecule has 0 spiro atoms. The quantitative estimate of drug-likeness (QED) is 0.777. The van der Waals surface area contributed by atoms with Crippen LogP contribution in [0.2, 0.25) is 0 Å². The van der Waals surface area contributed by atoms with Gasteiger partial charge in [0.05, 0.1) is 0 Å².